The summed E-state index contributed by atoms with van der Waals surface area (Å²) >= 11 is 0. The first-order valence-electron chi connectivity index (χ1n) is 5.13. The molecular weight excluding hydrogens is 158 g/mol. The Morgan fingerprint density at radius 2 is 2.31 bits per heavy atom. The maximum absolute atomic E-state index is 4.61. The standard InChI is InChI=1S/C12H17N/c1-10-6-3-4-8-12(10,2)11-7-5-9-13-11/h3-4,6,8,10H,5,7,9H2,1-2H3. The molecule has 2 aliphatic rings. The second-order valence-corrected chi connectivity index (χ2v) is 4.25. The summed E-state index contributed by atoms with van der Waals surface area (Å²) in [7, 11) is 0. The number of aliphatic imine (C=N–C) groups is 1. The normalized spacial score (nSPS) is 38.0. The van der Waals surface area contributed by atoms with Gasteiger partial charge in [-0.3, -0.25) is 4.99 Å². The predicted octanol–water partition coefficient (Wildman–Crippen LogP) is 2.99. The van der Waals surface area contributed by atoms with Gasteiger partial charge in [-0.15, -0.1) is 0 Å². The van der Waals surface area contributed by atoms with Crippen molar-refractivity contribution in [2.24, 2.45) is 16.3 Å². The van der Waals surface area contributed by atoms with Crippen molar-refractivity contribution >= 4 is 5.71 Å². The minimum absolute atomic E-state index is 0.200. The van der Waals surface area contributed by atoms with Gasteiger partial charge in [0.25, 0.3) is 0 Å². The van der Waals surface area contributed by atoms with Crippen molar-refractivity contribution in [3.05, 3.63) is 24.3 Å². The van der Waals surface area contributed by atoms with Crippen LogP contribution < -0.4 is 0 Å². The molecule has 0 spiro atoms. The first kappa shape index (κ1) is 8.74. The molecule has 1 aliphatic carbocycles. The van der Waals surface area contributed by atoms with Crippen LogP contribution in [-0.4, -0.2) is 12.3 Å². The van der Waals surface area contributed by atoms with Crippen LogP contribution in [-0.2, 0) is 0 Å². The second-order valence-electron chi connectivity index (χ2n) is 4.25. The van der Waals surface area contributed by atoms with Crippen LogP contribution in [0.2, 0.25) is 0 Å². The van der Waals surface area contributed by atoms with Crippen molar-refractivity contribution in [1.29, 1.82) is 0 Å². The van der Waals surface area contributed by atoms with Crippen LogP contribution in [0.25, 0.3) is 0 Å². The Kier molecular flexibility index (Phi) is 2.10. The van der Waals surface area contributed by atoms with Crippen molar-refractivity contribution in [2.45, 2.75) is 26.7 Å². The summed E-state index contributed by atoms with van der Waals surface area (Å²) in [5.74, 6) is 0.592. The summed E-state index contributed by atoms with van der Waals surface area (Å²) in [4.78, 5) is 4.61. The maximum atomic E-state index is 4.61. The fraction of sp³-hybridized carbons (Fsp3) is 0.583. The Balaban J connectivity index is 2.28. The van der Waals surface area contributed by atoms with Crippen LogP contribution in [0.3, 0.4) is 0 Å². The molecule has 13 heavy (non-hydrogen) atoms. The number of hydrogen-bond acceptors (Lipinski definition) is 1. The van der Waals surface area contributed by atoms with E-state index < -0.39 is 0 Å². The lowest BCUT2D eigenvalue weighted by molar-refractivity contribution is 0.448. The molecule has 2 unspecified atom stereocenters. The van der Waals surface area contributed by atoms with Gasteiger partial charge in [0, 0.05) is 17.7 Å². The van der Waals surface area contributed by atoms with Crippen LogP contribution in [0, 0.1) is 11.3 Å². The molecule has 0 saturated carbocycles. The lowest BCUT2D eigenvalue weighted by atomic mass is 9.71. The van der Waals surface area contributed by atoms with E-state index in [1.165, 1.54) is 18.6 Å². The van der Waals surface area contributed by atoms with Gasteiger partial charge < -0.3 is 0 Å². The van der Waals surface area contributed by atoms with E-state index in [1.807, 2.05) is 0 Å². The first-order chi connectivity index (χ1) is 6.23. The van der Waals surface area contributed by atoms with Crippen LogP contribution in [0.15, 0.2) is 29.3 Å². The molecule has 70 valence electrons. The summed E-state index contributed by atoms with van der Waals surface area (Å²) in [6.45, 7) is 5.62. The van der Waals surface area contributed by atoms with Gasteiger partial charge in [-0.2, -0.15) is 0 Å². The van der Waals surface area contributed by atoms with E-state index >= 15 is 0 Å². The van der Waals surface area contributed by atoms with Crippen molar-refractivity contribution in [2.75, 3.05) is 6.54 Å². The highest BCUT2D eigenvalue weighted by Gasteiger charge is 2.34. The highest BCUT2D eigenvalue weighted by Crippen LogP contribution is 2.37. The molecule has 0 amide bonds. The average molecular weight is 175 g/mol. The third-order valence-electron chi connectivity index (χ3n) is 3.40. The molecule has 1 nitrogen and oxygen atoms in total. The number of allylic oxidation sites excluding steroid dienone is 4. The zero-order valence-corrected chi connectivity index (χ0v) is 8.46. The second kappa shape index (κ2) is 3.13. The summed E-state index contributed by atoms with van der Waals surface area (Å²) in [6, 6.07) is 0. The molecule has 0 bridgehead atoms. The molecule has 0 aromatic rings. The van der Waals surface area contributed by atoms with Gasteiger partial charge in [0.1, 0.15) is 0 Å². The summed E-state index contributed by atoms with van der Waals surface area (Å²) in [5, 5.41) is 0. The van der Waals surface area contributed by atoms with Crippen molar-refractivity contribution < 1.29 is 0 Å². The fourth-order valence-corrected chi connectivity index (χ4v) is 2.18. The minimum atomic E-state index is 0.200. The van der Waals surface area contributed by atoms with Crippen LogP contribution in [0.4, 0.5) is 0 Å². The largest absolute Gasteiger partial charge is 0.293 e. The van der Waals surface area contributed by atoms with E-state index in [4.69, 9.17) is 0 Å². The Hall–Kier alpha value is -0.850. The topological polar surface area (TPSA) is 12.4 Å². The molecule has 2 atom stereocenters. The van der Waals surface area contributed by atoms with Crippen LogP contribution in [0.5, 0.6) is 0 Å². The summed E-state index contributed by atoms with van der Waals surface area (Å²) < 4.78 is 0. The monoisotopic (exact) mass is 175 g/mol. The Bertz CT molecular complexity index is 285. The molecule has 0 radical (unpaired) electrons. The molecule has 1 heterocycles. The molecule has 0 saturated heterocycles. The average Bonchev–Trinajstić information content (AvgIpc) is 2.63. The van der Waals surface area contributed by atoms with Gasteiger partial charge in [0.2, 0.25) is 0 Å². The highest BCUT2D eigenvalue weighted by atomic mass is 14.8. The Morgan fingerprint density at radius 1 is 1.46 bits per heavy atom. The Labute approximate surface area is 80.3 Å². The molecule has 0 aromatic heterocycles. The van der Waals surface area contributed by atoms with E-state index in [9.17, 15) is 0 Å². The molecule has 2 rings (SSSR count). The fourth-order valence-electron chi connectivity index (χ4n) is 2.18. The third kappa shape index (κ3) is 1.37. The number of hydrogen-bond donors (Lipinski definition) is 0. The van der Waals surface area contributed by atoms with E-state index in [1.54, 1.807) is 0 Å². The van der Waals surface area contributed by atoms with Crippen molar-refractivity contribution in [3.63, 3.8) is 0 Å². The van der Waals surface area contributed by atoms with Gasteiger partial charge >= 0.3 is 0 Å². The molecule has 0 fully saturated rings. The van der Waals surface area contributed by atoms with Crippen LogP contribution in [0.1, 0.15) is 26.7 Å². The molecular formula is C12H17N. The molecule has 0 N–H and O–H groups in total. The SMILES string of the molecule is CC1C=CC=CC1(C)C1=NCCC1. The highest BCUT2D eigenvalue weighted by molar-refractivity contribution is 5.93. The summed E-state index contributed by atoms with van der Waals surface area (Å²) in [6.07, 6.45) is 11.3. The predicted molar refractivity (Wildman–Crippen MR) is 57.1 cm³/mol. The lowest BCUT2D eigenvalue weighted by Gasteiger charge is -2.33. The quantitative estimate of drug-likeness (QED) is 0.581. The van der Waals surface area contributed by atoms with Gasteiger partial charge in [-0.25, -0.2) is 0 Å². The zero-order chi connectivity index (χ0) is 9.31. The van der Waals surface area contributed by atoms with Gasteiger partial charge in [-0.05, 0) is 18.8 Å². The molecule has 1 heteroatoms. The van der Waals surface area contributed by atoms with E-state index in [2.05, 4.69) is 43.1 Å². The van der Waals surface area contributed by atoms with Crippen molar-refractivity contribution in [3.8, 4) is 0 Å². The van der Waals surface area contributed by atoms with E-state index in [0.29, 0.717) is 5.92 Å². The van der Waals surface area contributed by atoms with Gasteiger partial charge in [-0.1, -0.05) is 38.2 Å². The molecule has 1 aliphatic heterocycles. The minimum Gasteiger partial charge on any atom is -0.293 e. The van der Waals surface area contributed by atoms with E-state index in [0.717, 1.165) is 6.54 Å². The first-order valence-corrected chi connectivity index (χ1v) is 5.13. The number of nitrogens with zero attached hydrogens (tertiary/aromatic N) is 1. The summed E-state index contributed by atoms with van der Waals surface area (Å²) in [5.41, 5.74) is 1.60. The third-order valence-corrected chi connectivity index (χ3v) is 3.40. The zero-order valence-electron chi connectivity index (χ0n) is 8.46. The van der Waals surface area contributed by atoms with Crippen LogP contribution >= 0.6 is 0 Å². The number of rotatable bonds is 1. The molecule has 0 aromatic carbocycles. The lowest BCUT2D eigenvalue weighted by Crippen LogP contribution is -2.31. The van der Waals surface area contributed by atoms with Gasteiger partial charge in [0.15, 0.2) is 0 Å². The smallest absolute Gasteiger partial charge is 0.0392 e. The van der Waals surface area contributed by atoms with Gasteiger partial charge in [0.05, 0.1) is 0 Å². The Morgan fingerprint density at radius 3 is 2.92 bits per heavy atom. The van der Waals surface area contributed by atoms with Crippen molar-refractivity contribution in [1.82, 2.24) is 0 Å². The maximum Gasteiger partial charge on any atom is 0.0392 e. The van der Waals surface area contributed by atoms with E-state index in [-0.39, 0.29) is 5.41 Å².